The van der Waals surface area contributed by atoms with Gasteiger partial charge < -0.3 is 20.5 Å². The van der Waals surface area contributed by atoms with Crippen LogP contribution in [-0.4, -0.2) is 24.8 Å². The molecule has 0 atom stereocenters. The number of rotatable bonds is 6. The van der Waals surface area contributed by atoms with Crippen LogP contribution in [0.5, 0.6) is 11.5 Å². The van der Waals surface area contributed by atoms with E-state index in [1.165, 1.54) is 12.7 Å². The highest BCUT2D eigenvalue weighted by Gasteiger charge is 2.08. The van der Waals surface area contributed by atoms with Crippen molar-refractivity contribution >= 4 is 6.03 Å². The fourth-order valence-corrected chi connectivity index (χ4v) is 2.08. The largest absolute Gasteiger partial charge is 0.504 e. The molecule has 0 saturated heterocycles. The molecule has 0 aliphatic carbocycles. The second-order valence-corrected chi connectivity index (χ2v) is 4.81. The van der Waals surface area contributed by atoms with E-state index in [1.807, 2.05) is 30.3 Å². The Hall–Kier alpha value is -2.69. The standard InChI is InChI=1S/C17H20N2O3/c1-22-15-9-5-8-14(16(15)20)12-19-17(21)18-11-10-13-6-3-2-4-7-13/h2-9,20H,10-12H2,1H3,(H2,18,19,21). The monoisotopic (exact) mass is 300 g/mol. The van der Waals surface area contributed by atoms with Crippen LogP contribution in [0.25, 0.3) is 0 Å². The summed E-state index contributed by atoms with van der Waals surface area (Å²) in [4.78, 5) is 11.7. The number of carbonyl (C=O) groups excluding carboxylic acids is 1. The first-order valence-electron chi connectivity index (χ1n) is 7.11. The van der Waals surface area contributed by atoms with Gasteiger partial charge in [-0.2, -0.15) is 0 Å². The molecule has 2 aromatic rings. The van der Waals surface area contributed by atoms with Gasteiger partial charge in [-0.05, 0) is 18.1 Å². The maximum Gasteiger partial charge on any atom is 0.315 e. The van der Waals surface area contributed by atoms with Gasteiger partial charge in [0.05, 0.1) is 7.11 Å². The van der Waals surface area contributed by atoms with Gasteiger partial charge in [0.25, 0.3) is 0 Å². The molecule has 0 radical (unpaired) electrons. The van der Waals surface area contributed by atoms with E-state index >= 15 is 0 Å². The average Bonchev–Trinajstić information content (AvgIpc) is 2.55. The Morgan fingerprint density at radius 3 is 2.59 bits per heavy atom. The third-order valence-corrected chi connectivity index (χ3v) is 3.28. The smallest absolute Gasteiger partial charge is 0.315 e. The molecule has 2 aromatic carbocycles. The second-order valence-electron chi connectivity index (χ2n) is 4.81. The molecule has 5 nitrogen and oxygen atoms in total. The molecule has 2 amide bonds. The van der Waals surface area contributed by atoms with Gasteiger partial charge in [-0.15, -0.1) is 0 Å². The van der Waals surface area contributed by atoms with Gasteiger partial charge >= 0.3 is 6.03 Å². The molecule has 0 aromatic heterocycles. The highest BCUT2D eigenvalue weighted by molar-refractivity contribution is 5.74. The van der Waals surface area contributed by atoms with Gasteiger partial charge in [0.2, 0.25) is 0 Å². The zero-order valence-corrected chi connectivity index (χ0v) is 12.5. The SMILES string of the molecule is COc1cccc(CNC(=O)NCCc2ccccc2)c1O. The molecule has 0 bridgehead atoms. The summed E-state index contributed by atoms with van der Waals surface area (Å²) in [5, 5.41) is 15.4. The molecule has 22 heavy (non-hydrogen) atoms. The minimum atomic E-state index is -0.266. The Kier molecular flexibility index (Phi) is 5.65. The number of hydrogen-bond acceptors (Lipinski definition) is 3. The molecule has 116 valence electrons. The zero-order chi connectivity index (χ0) is 15.8. The van der Waals surface area contributed by atoms with Gasteiger partial charge in [-0.25, -0.2) is 4.79 Å². The Morgan fingerprint density at radius 2 is 1.86 bits per heavy atom. The molecule has 0 spiro atoms. The number of phenols is 1. The Labute approximate surface area is 129 Å². The lowest BCUT2D eigenvalue weighted by Crippen LogP contribution is -2.36. The van der Waals surface area contributed by atoms with Crippen molar-refractivity contribution in [1.29, 1.82) is 0 Å². The summed E-state index contributed by atoms with van der Waals surface area (Å²) in [5.74, 6) is 0.443. The molecule has 3 N–H and O–H groups in total. The summed E-state index contributed by atoms with van der Waals surface area (Å²) >= 11 is 0. The molecule has 0 aliphatic rings. The van der Waals surface area contributed by atoms with Crippen molar-refractivity contribution in [3.05, 3.63) is 59.7 Å². The molecule has 0 unspecified atom stereocenters. The summed E-state index contributed by atoms with van der Waals surface area (Å²) in [6.45, 7) is 0.792. The lowest BCUT2D eigenvalue weighted by Gasteiger charge is -2.10. The molecular formula is C17H20N2O3. The molecule has 0 fully saturated rings. The fourth-order valence-electron chi connectivity index (χ4n) is 2.08. The van der Waals surface area contributed by atoms with Gasteiger partial charge in [-0.3, -0.25) is 0 Å². The highest BCUT2D eigenvalue weighted by Crippen LogP contribution is 2.28. The Bertz CT molecular complexity index is 615. The van der Waals surface area contributed by atoms with Crippen molar-refractivity contribution in [2.75, 3.05) is 13.7 Å². The van der Waals surface area contributed by atoms with E-state index in [-0.39, 0.29) is 18.3 Å². The van der Waals surface area contributed by atoms with E-state index in [1.54, 1.807) is 18.2 Å². The summed E-state index contributed by atoms with van der Waals surface area (Å²) < 4.78 is 5.03. The Balaban J connectivity index is 1.76. The fraction of sp³-hybridized carbons (Fsp3) is 0.235. The van der Waals surface area contributed by atoms with E-state index in [2.05, 4.69) is 10.6 Å². The molecule has 2 rings (SSSR count). The first kappa shape index (κ1) is 15.7. The number of carbonyl (C=O) groups is 1. The normalized spacial score (nSPS) is 10.0. The van der Waals surface area contributed by atoms with E-state index in [9.17, 15) is 9.90 Å². The van der Waals surface area contributed by atoms with Crippen molar-refractivity contribution in [2.45, 2.75) is 13.0 Å². The van der Waals surface area contributed by atoms with Gasteiger partial charge in [0.15, 0.2) is 11.5 Å². The summed E-state index contributed by atoms with van der Waals surface area (Å²) in [5.41, 5.74) is 1.78. The lowest BCUT2D eigenvalue weighted by atomic mass is 10.1. The van der Waals surface area contributed by atoms with E-state index in [0.717, 1.165) is 6.42 Å². The van der Waals surface area contributed by atoms with Crippen LogP contribution in [0.15, 0.2) is 48.5 Å². The number of aromatic hydroxyl groups is 1. The van der Waals surface area contributed by atoms with E-state index < -0.39 is 0 Å². The van der Waals surface area contributed by atoms with Gasteiger partial charge in [-0.1, -0.05) is 42.5 Å². The summed E-state index contributed by atoms with van der Waals surface area (Å²) in [6, 6.07) is 14.9. The minimum absolute atomic E-state index is 0.0505. The topological polar surface area (TPSA) is 70.6 Å². The quantitative estimate of drug-likeness (QED) is 0.767. The second kappa shape index (κ2) is 7.93. The van der Waals surface area contributed by atoms with Gasteiger partial charge in [0, 0.05) is 18.7 Å². The van der Waals surface area contributed by atoms with Crippen molar-refractivity contribution in [2.24, 2.45) is 0 Å². The number of urea groups is 1. The third kappa shape index (κ3) is 4.41. The number of hydrogen-bond donors (Lipinski definition) is 3. The number of nitrogens with one attached hydrogen (secondary N) is 2. The number of amides is 2. The first-order chi connectivity index (χ1) is 10.7. The van der Waals surface area contributed by atoms with Crippen LogP contribution < -0.4 is 15.4 Å². The zero-order valence-electron chi connectivity index (χ0n) is 12.5. The van der Waals surface area contributed by atoms with Crippen molar-refractivity contribution < 1.29 is 14.6 Å². The maximum atomic E-state index is 11.7. The molecule has 0 heterocycles. The summed E-state index contributed by atoms with van der Waals surface area (Å²) in [6.07, 6.45) is 0.776. The number of methoxy groups -OCH3 is 1. The van der Waals surface area contributed by atoms with Crippen LogP contribution >= 0.6 is 0 Å². The van der Waals surface area contributed by atoms with Crippen molar-refractivity contribution in [3.8, 4) is 11.5 Å². The Morgan fingerprint density at radius 1 is 1.09 bits per heavy atom. The van der Waals surface area contributed by atoms with Crippen molar-refractivity contribution in [1.82, 2.24) is 10.6 Å². The minimum Gasteiger partial charge on any atom is -0.504 e. The summed E-state index contributed by atoms with van der Waals surface area (Å²) in [7, 11) is 1.49. The predicted molar refractivity (Wildman–Crippen MR) is 85.0 cm³/mol. The van der Waals surface area contributed by atoms with Crippen LogP contribution in [0, 0.1) is 0 Å². The number of benzene rings is 2. The van der Waals surface area contributed by atoms with Crippen LogP contribution in [0.3, 0.4) is 0 Å². The third-order valence-electron chi connectivity index (χ3n) is 3.28. The van der Waals surface area contributed by atoms with Crippen LogP contribution in [0.4, 0.5) is 4.79 Å². The predicted octanol–water partition coefficient (Wildman–Crippen LogP) is 2.44. The molecule has 5 heteroatoms. The van der Waals surface area contributed by atoms with Gasteiger partial charge in [0.1, 0.15) is 0 Å². The lowest BCUT2D eigenvalue weighted by molar-refractivity contribution is 0.240. The molecule has 0 saturated carbocycles. The van der Waals surface area contributed by atoms with Crippen LogP contribution in [0.1, 0.15) is 11.1 Å². The molecule has 0 aliphatic heterocycles. The maximum absolute atomic E-state index is 11.7. The van der Waals surface area contributed by atoms with Crippen LogP contribution in [0.2, 0.25) is 0 Å². The highest BCUT2D eigenvalue weighted by atomic mass is 16.5. The van der Waals surface area contributed by atoms with E-state index in [4.69, 9.17) is 4.74 Å². The molecular weight excluding hydrogens is 280 g/mol. The number of ether oxygens (including phenoxy) is 1. The van der Waals surface area contributed by atoms with Crippen LogP contribution in [-0.2, 0) is 13.0 Å². The van der Waals surface area contributed by atoms with E-state index in [0.29, 0.717) is 17.9 Å². The number of phenolic OH excluding ortho intramolecular Hbond substituents is 1. The van der Waals surface area contributed by atoms with Crippen molar-refractivity contribution in [3.63, 3.8) is 0 Å². The average molecular weight is 300 g/mol. The number of para-hydroxylation sites is 1. The first-order valence-corrected chi connectivity index (χ1v) is 7.11.